The van der Waals surface area contributed by atoms with E-state index in [0.717, 1.165) is 13.0 Å². The van der Waals surface area contributed by atoms with Gasteiger partial charge in [0.15, 0.2) is 0 Å². The van der Waals surface area contributed by atoms with Gasteiger partial charge in [0.05, 0.1) is 10.0 Å². The zero-order valence-corrected chi connectivity index (χ0v) is 12.0. The molecule has 1 aliphatic rings. The Morgan fingerprint density at radius 3 is 2.72 bits per heavy atom. The summed E-state index contributed by atoms with van der Waals surface area (Å²) in [5, 5.41) is 4.25. The normalized spacial score (nSPS) is 23.7. The van der Waals surface area contributed by atoms with E-state index < -0.39 is 5.67 Å². The molecule has 4 heteroatoms. The molecule has 0 radical (unpaired) electrons. The van der Waals surface area contributed by atoms with Crippen LogP contribution in [0.5, 0.6) is 0 Å². The van der Waals surface area contributed by atoms with Gasteiger partial charge in [0.2, 0.25) is 0 Å². The molecule has 1 aliphatic heterocycles. The molecule has 2 unspecified atom stereocenters. The number of hydrogen-bond acceptors (Lipinski definition) is 1. The number of nitrogens with one attached hydrogen (secondary N) is 1. The van der Waals surface area contributed by atoms with Crippen molar-refractivity contribution in [2.45, 2.75) is 44.3 Å². The standard InChI is InChI=1S/C14H18Cl2FN/c1-14(17,9-11-4-2-3-7-18-11)10-5-6-12(15)13(16)8-10/h5-6,8,11,18H,2-4,7,9H2,1H3. The Morgan fingerprint density at radius 1 is 1.33 bits per heavy atom. The Hall–Kier alpha value is -0.310. The topological polar surface area (TPSA) is 12.0 Å². The molecule has 0 spiro atoms. The molecule has 0 bridgehead atoms. The van der Waals surface area contributed by atoms with Crippen LogP contribution in [0.3, 0.4) is 0 Å². The van der Waals surface area contributed by atoms with Crippen molar-refractivity contribution in [3.05, 3.63) is 33.8 Å². The van der Waals surface area contributed by atoms with Gasteiger partial charge < -0.3 is 5.32 Å². The van der Waals surface area contributed by atoms with Gasteiger partial charge in [-0.25, -0.2) is 4.39 Å². The van der Waals surface area contributed by atoms with E-state index in [2.05, 4.69) is 5.32 Å². The smallest absolute Gasteiger partial charge is 0.134 e. The summed E-state index contributed by atoms with van der Waals surface area (Å²) >= 11 is 11.8. The van der Waals surface area contributed by atoms with Gasteiger partial charge in [-0.3, -0.25) is 0 Å². The molecule has 0 saturated carbocycles. The zero-order valence-electron chi connectivity index (χ0n) is 10.5. The van der Waals surface area contributed by atoms with Gasteiger partial charge in [-0.2, -0.15) is 0 Å². The van der Waals surface area contributed by atoms with Crippen LogP contribution in [0.1, 0.15) is 38.2 Å². The SMILES string of the molecule is CC(F)(CC1CCCCN1)c1ccc(Cl)c(Cl)c1. The van der Waals surface area contributed by atoms with Crippen molar-refractivity contribution < 1.29 is 4.39 Å². The Balaban J connectivity index is 2.10. The lowest BCUT2D eigenvalue weighted by molar-refractivity contribution is 0.146. The number of hydrogen-bond donors (Lipinski definition) is 1. The van der Waals surface area contributed by atoms with E-state index in [1.807, 2.05) is 0 Å². The van der Waals surface area contributed by atoms with Crippen LogP contribution in [0.4, 0.5) is 4.39 Å². The van der Waals surface area contributed by atoms with Crippen molar-refractivity contribution in [1.82, 2.24) is 5.32 Å². The van der Waals surface area contributed by atoms with Crippen molar-refractivity contribution in [2.24, 2.45) is 0 Å². The van der Waals surface area contributed by atoms with Crippen molar-refractivity contribution in [3.8, 4) is 0 Å². The third kappa shape index (κ3) is 3.37. The van der Waals surface area contributed by atoms with Gasteiger partial charge in [0.25, 0.3) is 0 Å². The summed E-state index contributed by atoms with van der Waals surface area (Å²) in [5.74, 6) is 0. The highest BCUT2D eigenvalue weighted by molar-refractivity contribution is 6.42. The third-order valence-corrected chi connectivity index (χ3v) is 4.30. The minimum Gasteiger partial charge on any atom is -0.314 e. The second kappa shape index (κ2) is 5.77. The molecular formula is C14H18Cl2FN. The van der Waals surface area contributed by atoms with Crippen LogP contribution in [0, 0.1) is 0 Å². The van der Waals surface area contributed by atoms with Gasteiger partial charge in [-0.15, -0.1) is 0 Å². The van der Waals surface area contributed by atoms with Gasteiger partial charge >= 0.3 is 0 Å². The van der Waals surface area contributed by atoms with Gasteiger partial charge in [-0.05, 0) is 44.0 Å². The highest BCUT2D eigenvalue weighted by Crippen LogP contribution is 2.35. The lowest BCUT2D eigenvalue weighted by Crippen LogP contribution is -2.38. The molecule has 1 N–H and O–H groups in total. The van der Waals surface area contributed by atoms with Crippen LogP contribution in [-0.4, -0.2) is 12.6 Å². The molecule has 1 nitrogen and oxygen atoms in total. The van der Waals surface area contributed by atoms with E-state index in [9.17, 15) is 4.39 Å². The third-order valence-electron chi connectivity index (χ3n) is 3.56. The van der Waals surface area contributed by atoms with Crippen molar-refractivity contribution in [1.29, 1.82) is 0 Å². The maximum Gasteiger partial charge on any atom is 0.134 e. The van der Waals surface area contributed by atoms with Gasteiger partial charge in [0.1, 0.15) is 5.67 Å². The van der Waals surface area contributed by atoms with Crippen LogP contribution in [0.2, 0.25) is 10.0 Å². The van der Waals surface area contributed by atoms with Crippen molar-refractivity contribution >= 4 is 23.2 Å². The molecular weight excluding hydrogens is 272 g/mol. The van der Waals surface area contributed by atoms with Gasteiger partial charge in [-0.1, -0.05) is 35.7 Å². The fraction of sp³-hybridized carbons (Fsp3) is 0.571. The first-order valence-electron chi connectivity index (χ1n) is 6.37. The maximum absolute atomic E-state index is 14.8. The molecule has 0 amide bonds. The summed E-state index contributed by atoms with van der Waals surface area (Å²) in [6.07, 6.45) is 3.88. The Labute approximate surface area is 118 Å². The molecule has 0 aliphatic carbocycles. The predicted molar refractivity (Wildman–Crippen MR) is 75.2 cm³/mol. The molecule has 1 saturated heterocycles. The molecule has 1 aromatic rings. The summed E-state index contributed by atoms with van der Waals surface area (Å²) in [6, 6.07) is 5.26. The number of halogens is 3. The zero-order chi connectivity index (χ0) is 13.2. The fourth-order valence-electron chi connectivity index (χ4n) is 2.50. The molecule has 2 rings (SSSR count). The quantitative estimate of drug-likeness (QED) is 0.850. The molecule has 18 heavy (non-hydrogen) atoms. The number of rotatable bonds is 3. The first kappa shape index (κ1) is 14.1. The van der Waals surface area contributed by atoms with E-state index in [1.54, 1.807) is 25.1 Å². The number of alkyl halides is 1. The van der Waals surface area contributed by atoms with E-state index in [-0.39, 0.29) is 6.04 Å². The fourth-order valence-corrected chi connectivity index (χ4v) is 2.80. The lowest BCUT2D eigenvalue weighted by atomic mass is 9.88. The largest absolute Gasteiger partial charge is 0.314 e. The van der Waals surface area contributed by atoms with Crippen LogP contribution >= 0.6 is 23.2 Å². The summed E-state index contributed by atoms with van der Waals surface area (Å²) in [5.41, 5.74) is -0.771. The molecule has 100 valence electrons. The van der Waals surface area contributed by atoms with Crippen LogP contribution in [0.25, 0.3) is 0 Å². The molecule has 0 aromatic heterocycles. The Morgan fingerprint density at radius 2 is 2.11 bits per heavy atom. The van der Waals surface area contributed by atoms with E-state index in [4.69, 9.17) is 23.2 Å². The van der Waals surface area contributed by atoms with E-state index in [0.29, 0.717) is 22.0 Å². The molecule has 1 fully saturated rings. The average Bonchev–Trinajstić information content (AvgIpc) is 2.33. The summed E-state index contributed by atoms with van der Waals surface area (Å²) in [7, 11) is 0. The summed E-state index contributed by atoms with van der Waals surface area (Å²) in [6.45, 7) is 2.60. The first-order valence-corrected chi connectivity index (χ1v) is 7.12. The van der Waals surface area contributed by atoms with Crippen molar-refractivity contribution in [3.63, 3.8) is 0 Å². The summed E-state index contributed by atoms with van der Waals surface area (Å²) in [4.78, 5) is 0. The second-order valence-corrected chi connectivity index (χ2v) is 5.99. The molecule has 1 aromatic carbocycles. The maximum atomic E-state index is 14.8. The lowest BCUT2D eigenvalue weighted by Gasteiger charge is -2.30. The number of piperidine rings is 1. The Kier molecular flexibility index (Phi) is 4.52. The van der Waals surface area contributed by atoms with Crippen LogP contribution in [0.15, 0.2) is 18.2 Å². The van der Waals surface area contributed by atoms with Crippen LogP contribution < -0.4 is 5.32 Å². The van der Waals surface area contributed by atoms with Crippen LogP contribution in [-0.2, 0) is 5.67 Å². The van der Waals surface area contributed by atoms with Gasteiger partial charge in [0, 0.05) is 12.5 Å². The Bertz CT molecular complexity index is 414. The van der Waals surface area contributed by atoms with E-state index >= 15 is 0 Å². The first-order chi connectivity index (χ1) is 8.49. The number of benzene rings is 1. The molecule has 2 atom stereocenters. The monoisotopic (exact) mass is 289 g/mol. The minimum absolute atomic E-state index is 0.253. The molecule has 1 heterocycles. The minimum atomic E-state index is -1.37. The highest BCUT2D eigenvalue weighted by atomic mass is 35.5. The summed E-state index contributed by atoms with van der Waals surface area (Å²) < 4.78 is 14.8. The van der Waals surface area contributed by atoms with E-state index in [1.165, 1.54) is 12.8 Å². The highest BCUT2D eigenvalue weighted by Gasteiger charge is 2.30. The predicted octanol–water partition coefficient (Wildman–Crippen LogP) is 4.71. The van der Waals surface area contributed by atoms with Crippen molar-refractivity contribution in [2.75, 3.05) is 6.54 Å². The average molecular weight is 290 g/mol. The second-order valence-electron chi connectivity index (χ2n) is 5.18.